The van der Waals surface area contributed by atoms with Crippen LogP contribution in [0.3, 0.4) is 0 Å². The third-order valence-corrected chi connectivity index (χ3v) is 19.5. The molecule has 3 N–H and O–H groups in total. The predicted octanol–water partition coefficient (Wildman–Crippen LogP) is 22.2. The summed E-state index contributed by atoms with van der Waals surface area (Å²) >= 11 is 0. The molecule has 0 aromatic heterocycles. The Hall–Kier alpha value is -1.94. The van der Waals surface area contributed by atoms with Crippen molar-refractivity contribution in [1.82, 2.24) is 0 Å². The van der Waals surface area contributed by atoms with Crippen molar-refractivity contribution in [3.8, 4) is 0 Å². The molecule has 0 saturated heterocycles. The third-order valence-electron chi connectivity index (χ3n) is 17.6. The molecule has 0 aliphatic carbocycles. The molecule has 5 atom stereocenters. The molecule has 2 unspecified atom stereocenters. The van der Waals surface area contributed by atoms with E-state index in [9.17, 15) is 43.2 Å². The maximum atomic E-state index is 13.1. The fourth-order valence-corrected chi connectivity index (χ4v) is 13.2. The van der Waals surface area contributed by atoms with E-state index in [4.69, 9.17) is 37.0 Å². The van der Waals surface area contributed by atoms with Gasteiger partial charge < -0.3 is 33.8 Å². The first kappa shape index (κ1) is 93.1. The van der Waals surface area contributed by atoms with Crippen molar-refractivity contribution in [2.45, 2.75) is 407 Å². The van der Waals surface area contributed by atoms with Crippen molar-refractivity contribution < 1.29 is 80.2 Å². The highest BCUT2D eigenvalue weighted by Crippen LogP contribution is 2.45. The number of hydrogen-bond acceptors (Lipinski definition) is 15. The first-order valence-corrected chi connectivity index (χ1v) is 42.3. The summed E-state index contributed by atoms with van der Waals surface area (Å²) in [5.41, 5.74) is 0. The van der Waals surface area contributed by atoms with Crippen LogP contribution in [0.1, 0.15) is 389 Å². The molecule has 0 spiro atoms. The maximum Gasteiger partial charge on any atom is 0.472 e. The number of carbonyl (C=O) groups is 4. The fraction of sp³-hybridized carbons (Fsp3) is 0.947. The number of phosphoric ester groups is 2. The normalized spacial score (nSPS) is 14.1. The van der Waals surface area contributed by atoms with Crippen LogP contribution in [-0.4, -0.2) is 96.7 Å². The van der Waals surface area contributed by atoms with Crippen molar-refractivity contribution >= 4 is 39.5 Å². The van der Waals surface area contributed by atoms with Crippen LogP contribution in [0.15, 0.2) is 0 Å². The number of esters is 4. The van der Waals surface area contributed by atoms with E-state index in [-0.39, 0.29) is 25.7 Å². The van der Waals surface area contributed by atoms with Crippen LogP contribution >= 0.6 is 15.6 Å². The number of ether oxygens (including phenoxy) is 4. The minimum absolute atomic E-state index is 0.103. The van der Waals surface area contributed by atoms with Crippen molar-refractivity contribution in [2.24, 2.45) is 17.8 Å². The van der Waals surface area contributed by atoms with Gasteiger partial charge in [-0.1, -0.05) is 337 Å². The summed E-state index contributed by atoms with van der Waals surface area (Å²) in [6.45, 7) is 11.8. The van der Waals surface area contributed by atoms with E-state index in [2.05, 4.69) is 48.5 Å². The lowest BCUT2D eigenvalue weighted by Crippen LogP contribution is -2.30. The number of phosphoric acid groups is 2. The van der Waals surface area contributed by atoms with Crippen molar-refractivity contribution in [3.63, 3.8) is 0 Å². The molecule has 0 bridgehead atoms. The second kappa shape index (κ2) is 66.6. The average Bonchev–Trinajstić information content (AvgIpc) is 3.67. The van der Waals surface area contributed by atoms with E-state index in [0.29, 0.717) is 31.6 Å². The molecule has 0 saturated carbocycles. The third kappa shape index (κ3) is 70.3. The Kier molecular flexibility index (Phi) is 65.2. The summed E-state index contributed by atoms with van der Waals surface area (Å²) in [6.07, 6.45) is 53.1. The van der Waals surface area contributed by atoms with Gasteiger partial charge in [-0.2, -0.15) is 0 Å². The van der Waals surface area contributed by atoms with E-state index in [1.807, 2.05) is 0 Å². The van der Waals surface area contributed by atoms with Gasteiger partial charge in [-0.25, -0.2) is 9.13 Å². The van der Waals surface area contributed by atoms with Crippen LogP contribution in [0.4, 0.5) is 0 Å². The monoisotopic (exact) mass is 1400 g/mol. The van der Waals surface area contributed by atoms with E-state index in [1.54, 1.807) is 0 Å². The van der Waals surface area contributed by atoms with Crippen LogP contribution in [0.25, 0.3) is 0 Å². The molecular formula is C76H148O17P2. The van der Waals surface area contributed by atoms with Gasteiger partial charge in [-0.3, -0.25) is 37.3 Å². The molecule has 0 heterocycles. The molecule has 564 valence electrons. The van der Waals surface area contributed by atoms with Crippen LogP contribution in [0.5, 0.6) is 0 Å². The standard InChI is InChI=1S/C76H148O17P2/c1-8-9-10-11-12-13-14-15-16-17-18-19-20-21-22-27-30-36-45-52-59-75(80)92-71(63-86-73(78)57-50-43-35-29-26-24-23-25-28-33-40-47-54-67(2)3)65-90-94(82,83)88-61-70(77)62-89-95(84,85)91-66-72(64-87-74(79)58-51-44-39-38-42-49-56-69(6)7)93-76(81)60-53-46-37-32-31-34-41-48-55-68(4)5/h67-72,77H,8-66H2,1-7H3,(H,82,83)(H,84,85)/t70-,71-,72-/m1/s1. The lowest BCUT2D eigenvalue weighted by atomic mass is 10.0. The molecular weight excluding hydrogens is 1250 g/mol. The Morgan fingerprint density at radius 1 is 0.284 bits per heavy atom. The van der Waals surface area contributed by atoms with Crippen molar-refractivity contribution in [1.29, 1.82) is 0 Å². The molecule has 19 heteroatoms. The average molecular weight is 1400 g/mol. The number of unbranched alkanes of at least 4 members (excludes halogenated alkanes) is 42. The molecule has 0 amide bonds. The summed E-state index contributed by atoms with van der Waals surface area (Å²) in [5.74, 6) is 0.0568. The second-order valence-electron chi connectivity index (χ2n) is 28.8. The molecule has 0 fully saturated rings. The number of carbonyl (C=O) groups excluding carboxylic acids is 4. The molecule has 17 nitrogen and oxygen atoms in total. The zero-order valence-corrected chi connectivity index (χ0v) is 63.9. The fourth-order valence-electron chi connectivity index (χ4n) is 11.6. The van der Waals surface area contributed by atoms with Crippen LogP contribution < -0.4 is 0 Å². The van der Waals surface area contributed by atoms with Crippen LogP contribution in [-0.2, 0) is 65.4 Å². The highest BCUT2D eigenvalue weighted by Gasteiger charge is 2.30. The van der Waals surface area contributed by atoms with Gasteiger partial charge >= 0.3 is 39.5 Å². The van der Waals surface area contributed by atoms with Crippen molar-refractivity contribution in [3.05, 3.63) is 0 Å². The van der Waals surface area contributed by atoms with E-state index < -0.39 is 97.5 Å². The van der Waals surface area contributed by atoms with Crippen LogP contribution in [0, 0.1) is 17.8 Å². The van der Waals surface area contributed by atoms with Gasteiger partial charge in [-0.05, 0) is 43.4 Å². The highest BCUT2D eigenvalue weighted by atomic mass is 31.2. The van der Waals surface area contributed by atoms with E-state index in [1.165, 1.54) is 193 Å². The van der Waals surface area contributed by atoms with Gasteiger partial charge in [0.2, 0.25) is 0 Å². The zero-order valence-electron chi connectivity index (χ0n) is 62.1. The summed E-state index contributed by atoms with van der Waals surface area (Å²) in [4.78, 5) is 72.7. The minimum Gasteiger partial charge on any atom is -0.462 e. The van der Waals surface area contributed by atoms with Crippen molar-refractivity contribution in [2.75, 3.05) is 39.6 Å². The number of aliphatic hydroxyl groups excluding tert-OH is 1. The molecule has 0 aliphatic rings. The molecule has 0 aromatic rings. The maximum absolute atomic E-state index is 13.1. The summed E-state index contributed by atoms with van der Waals surface area (Å²) in [6, 6.07) is 0. The lowest BCUT2D eigenvalue weighted by molar-refractivity contribution is -0.161. The predicted molar refractivity (Wildman–Crippen MR) is 386 cm³/mol. The lowest BCUT2D eigenvalue weighted by Gasteiger charge is -2.21. The Morgan fingerprint density at radius 3 is 0.716 bits per heavy atom. The molecule has 0 aromatic carbocycles. The van der Waals surface area contributed by atoms with Crippen LogP contribution in [0.2, 0.25) is 0 Å². The van der Waals surface area contributed by atoms with Gasteiger partial charge in [0.1, 0.15) is 19.3 Å². The highest BCUT2D eigenvalue weighted by molar-refractivity contribution is 7.47. The van der Waals surface area contributed by atoms with E-state index in [0.717, 1.165) is 108 Å². The Labute approximate surface area is 581 Å². The van der Waals surface area contributed by atoms with Gasteiger partial charge in [0.15, 0.2) is 12.2 Å². The largest absolute Gasteiger partial charge is 0.472 e. The Balaban J connectivity index is 5.21. The molecule has 0 rings (SSSR count). The Morgan fingerprint density at radius 2 is 0.484 bits per heavy atom. The van der Waals surface area contributed by atoms with Gasteiger partial charge in [0.25, 0.3) is 0 Å². The molecule has 95 heavy (non-hydrogen) atoms. The second-order valence-corrected chi connectivity index (χ2v) is 31.7. The van der Waals surface area contributed by atoms with Gasteiger partial charge in [0.05, 0.1) is 26.4 Å². The van der Waals surface area contributed by atoms with Gasteiger partial charge in [0, 0.05) is 25.7 Å². The summed E-state index contributed by atoms with van der Waals surface area (Å²) in [5, 5.41) is 10.6. The van der Waals surface area contributed by atoms with Gasteiger partial charge in [-0.15, -0.1) is 0 Å². The van der Waals surface area contributed by atoms with E-state index >= 15 is 0 Å². The summed E-state index contributed by atoms with van der Waals surface area (Å²) < 4.78 is 68.5. The smallest absolute Gasteiger partial charge is 0.462 e. The zero-order chi connectivity index (χ0) is 70.1. The number of rotatable bonds is 74. The molecule has 0 aliphatic heterocycles. The molecule has 0 radical (unpaired) electrons. The topological polar surface area (TPSA) is 237 Å². The number of hydrogen-bond donors (Lipinski definition) is 3. The Bertz CT molecular complexity index is 1850. The first-order chi connectivity index (χ1) is 45.7. The minimum atomic E-state index is -4.96. The SMILES string of the molecule is CCCCCCCCCCCCCCCCCCCCCCC(=O)O[C@H](COC(=O)CCCCCCCCCCCCCCC(C)C)COP(=O)(O)OC[C@@H](O)COP(=O)(O)OC[C@@H](COC(=O)CCCCCCCCC(C)C)OC(=O)CCCCCCCCCCC(C)C. The summed E-state index contributed by atoms with van der Waals surface area (Å²) in [7, 11) is -9.91. The quantitative estimate of drug-likeness (QED) is 0.0222. The number of aliphatic hydroxyl groups is 1. The first-order valence-electron chi connectivity index (χ1n) is 39.3.